The van der Waals surface area contributed by atoms with Gasteiger partial charge in [0.2, 0.25) is 0 Å². The Morgan fingerprint density at radius 1 is 1.12 bits per heavy atom. The Hall–Kier alpha value is -2.89. The third-order valence-electron chi connectivity index (χ3n) is 3.58. The minimum Gasteiger partial charge on any atom is -0.496 e. The van der Waals surface area contributed by atoms with Crippen molar-refractivity contribution in [2.75, 3.05) is 12.4 Å². The van der Waals surface area contributed by atoms with Crippen LogP contribution in [-0.2, 0) is 20.7 Å². The Labute approximate surface area is 145 Å². The topological polar surface area (TPSA) is 64.6 Å². The summed E-state index contributed by atoms with van der Waals surface area (Å²) in [4.78, 5) is 23.9. The predicted molar refractivity (Wildman–Crippen MR) is 91.9 cm³/mol. The maximum Gasteiger partial charge on any atom is 0.306 e. The summed E-state index contributed by atoms with van der Waals surface area (Å²) in [5.74, 6) is -0.642. The SMILES string of the molecule is COc1ccccc1CCC(=O)O[C@H](C)C(=O)Nc1ccc(F)cc1. The zero-order valence-corrected chi connectivity index (χ0v) is 14.1. The van der Waals surface area contributed by atoms with E-state index >= 15 is 0 Å². The Balaban J connectivity index is 1.82. The van der Waals surface area contributed by atoms with Crippen LogP contribution in [0.25, 0.3) is 0 Å². The number of amides is 1. The molecule has 1 N–H and O–H groups in total. The van der Waals surface area contributed by atoms with E-state index in [4.69, 9.17) is 9.47 Å². The van der Waals surface area contributed by atoms with Crippen LogP contribution in [0.3, 0.4) is 0 Å². The molecule has 0 aliphatic heterocycles. The lowest BCUT2D eigenvalue weighted by atomic mass is 10.1. The van der Waals surface area contributed by atoms with Crippen LogP contribution in [0.1, 0.15) is 18.9 Å². The third-order valence-corrected chi connectivity index (χ3v) is 3.58. The molecule has 25 heavy (non-hydrogen) atoms. The van der Waals surface area contributed by atoms with Crippen LogP contribution in [0, 0.1) is 5.82 Å². The number of ether oxygens (including phenoxy) is 2. The van der Waals surface area contributed by atoms with E-state index in [1.54, 1.807) is 7.11 Å². The van der Waals surface area contributed by atoms with Crippen molar-refractivity contribution in [3.63, 3.8) is 0 Å². The van der Waals surface area contributed by atoms with E-state index in [-0.39, 0.29) is 6.42 Å². The highest BCUT2D eigenvalue weighted by molar-refractivity contribution is 5.95. The van der Waals surface area contributed by atoms with Gasteiger partial charge in [0.1, 0.15) is 11.6 Å². The number of aryl methyl sites for hydroxylation is 1. The average Bonchev–Trinajstić information content (AvgIpc) is 2.62. The molecule has 0 saturated carbocycles. The van der Waals surface area contributed by atoms with Gasteiger partial charge in [0.15, 0.2) is 6.10 Å². The number of hydrogen-bond acceptors (Lipinski definition) is 4. The lowest BCUT2D eigenvalue weighted by molar-refractivity contribution is -0.153. The summed E-state index contributed by atoms with van der Waals surface area (Å²) < 4.78 is 23.2. The smallest absolute Gasteiger partial charge is 0.306 e. The standard InChI is InChI=1S/C19H20FNO4/c1-13(19(23)21-16-10-8-15(20)9-11-16)25-18(22)12-7-14-5-3-4-6-17(14)24-2/h3-6,8-11,13H,7,12H2,1-2H3,(H,21,23)/t13-/m1/s1. The van der Waals surface area contributed by atoms with Gasteiger partial charge in [0, 0.05) is 12.1 Å². The van der Waals surface area contributed by atoms with Crippen molar-refractivity contribution in [3.8, 4) is 5.75 Å². The summed E-state index contributed by atoms with van der Waals surface area (Å²) in [7, 11) is 1.57. The van der Waals surface area contributed by atoms with Gasteiger partial charge in [-0.15, -0.1) is 0 Å². The first-order valence-corrected chi connectivity index (χ1v) is 7.87. The normalized spacial score (nSPS) is 11.5. The lowest BCUT2D eigenvalue weighted by Crippen LogP contribution is -2.30. The van der Waals surface area contributed by atoms with Crippen molar-refractivity contribution in [2.24, 2.45) is 0 Å². The van der Waals surface area contributed by atoms with Crippen LogP contribution in [0.15, 0.2) is 48.5 Å². The molecular weight excluding hydrogens is 325 g/mol. The third kappa shape index (κ3) is 5.60. The van der Waals surface area contributed by atoms with Gasteiger partial charge in [0.05, 0.1) is 7.11 Å². The molecule has 0 bridgehead atoms. The quantitative estimate of drug-likeness (QED) is 0.782. The van der Waals surface area contributed by atoms with Gasteiger partial charge in [-0.05, 0) is 49.2 Å². The fourth-order valence-corrected chi connectivity index (χ4v) is 2.23. The van der Waals surface area contributed by atoms with Crippen molar-refractivity contribution >= 4 is 17.6 Å². The number of methoxy groups -OCH3 is 1. The van der Waals surface area contributed by atoms with E-state index in [1.165, 1.54) is 31.2 Å². The van der Waals surface area contributed by atoms with Crippen molar-refractivity contribution in [1.29, 1.82) is 0 Å². The van der Waals surface area contributed by atoms with Crippen LogP contribution in [-0.4, -0.2) is 25.1 Å². The first-order valence-electron chi connectivity index (χ1n) is 7.87. The largest absolute Gasteiger partial charge is 0.496 e. The number of esters is 1. The van der Waals surface area contributed by atoms with Crippen LogP contribution in [0.2, 0.25) is 0 Å². The number of benzene rings is 2. The summed E-state index contributed by atoms with van der Waals surface area (Å²) in [5.41, 5.74) is 1.33. The Kier molecular flexibility index (Phi) is 6.51. The molecule has 6 heteroatoms. The van der Waals surface area contributed by atoms with Gasteiger partial charge >= 0.3 is 5.97 Å². The van der Waals surface area contributed by atoms with Gasteiger partial charge in [0.25, 0.3) is 5.91 Å². The molecule has 5 nitrogen and oxygen atoms in total. The van der Waals surface area contributed by atoms with Crippen LogP contribution in [0.5, 0.6) is 5.75 Å². The molecule has 0 radical (unpaired) electrons. The summed E-state index contributed by atoms with van der Waals surface area (Å²) in [6.07, 6.45) is -0.362. The monoisotopic (exact) mass is 345 g/mol. The summed E-state index contributed by atoms with van der Waals surface area (Å²) in [6.45, 7) is 1.49. The molecule has 2 aromatic rings. The fourth-order valence-electron chi connectivity index (χ4n) is 2.23. The highest BCUT2D eigenvalue weighted by atomic mass is 19.1. The van der Waals surface area contributed by atoms with Crippen LogP contribution >= 0.6 is 0 Å². The fraction of sp³-hybridized carbons (Fsp3) is 0.263. The minimum absolute atomic E-state index is 0.133. The summed E-state index contributed by atoms with van der Waals surface area (Å²) in [5, 5.41) is 2.56. The zero-order valence-electron chi connectivity index (χ0n) is 14.1. The maximum atomic E-state index is 12.8. The molecule has 0 aliphatic carbocycles. The highest BCUT2D eigenvalue weighted by Crippen LogP contribution is 2.19. The zero-order chi connectivity index (χ0) is 18.2. The van der Waals surface area contributed by atoms with Gasteiger partial charge in [-0.2, -0.15) is 0 Å². The predicted octanol–water partition coefficient (Wildman–Crippen LogP) is 3.34. The van der Waals surface area contributed by atoms with E-state index in [0.29, 0.717) is 17.9 Å². The van der Waals surface area contributed by atoms with E-state index in [2.05, 4.69) is 5.32 Å². The molecular formula is C19H20FNO4. The Morgan fingerprint density at radius 3 is 2.48 bits per heavy atom. The molecule has 0 aromatic heterocycles. The molecule has 0 spiro atoms. The van der Waals surface area contributed by atoms with E-state index < -0.39 is 23.8 Å². The van der Waals surface area contributed by atoms with E-state index in [1.807, 2.05) is 24.3 Å². The average molecular weight is 345 g/mol. The second-order valence-corrected chi connectivity index (χ2v) is 5.44. The van der Waals surface area contributed by atoms with Crippen LogP contribution < -0.4 is 10.1 Å². The second kappa shape index (κ2) is 8.82. The molecule has 1 amide bonds. The van der Waals surface area contributed by atoms with Gasteiger partial charge < -0.3 is 14.8 Å². The lowest BCUT2D eigenvalue weighted by Gasteiger charge is -2.14. The Morgan fingerprint density at radius 2 is 1.80 bits per heavy atom. The first-order chi connectivity index (χ1) is 12.0. The number of hydrogen-bond donors (Lipinski definition) is 1. The molecule has 132 valence electrons. The minimum atomic E-state index is -0.949. The highest BCUT2D eigenvalue weighted by Gasteiger charge is 2.18. The summed E-state index contributed by atoms with van der Waals surface area (Å²) >= 11 is 0. The molecule has 0 saturated heterocycles. The van der Waals surface area contributed by atoms with Crippen LogP contribution in [0.4, 0.5) is 10.1 Å². The summed E-state index contributed by atoms with van der Waals surface area (Å²) in [6, 6.07) is 12.7. The van der Waals surface area contributed by atoms with Crippen molar-refractivity contribution in [3.05, 3.63) is 59.9 Å². The molecule has 1 atom stereocenters. The van der Waals surface area contributed by atoms with Gasteiger partial charge in [-0.25, -0.2) is 4.39 Å². The molecule has 0 fully saturated rings. The van der Waals surface area contributed by atoms with Crippen molar-refractivity contribution in [1.82, 2.24) is 0 Å². The molecule has 0 unspecified atom stereocenters. The number of para-hydroxylation sites is 1. The number of halogens is 1. The number of anilines is 1. The van der Waals surface area contributed by atoms with Crippen molar-refractivity contribution < 1.29 is 23.5 Å². The number of carbonyl (C=O) groups is 2. The second-order valence-electron chi connectivity index (χ2n) is 5.44. The molecule has 2 aromatic carbocycles. The molecule has 0 heterocycles. The van der Waals surface area contributed by atoms with Crippen molar-refractivity contribution in [2.45, 2.75) is 25.9 Å². The number of nitrogens with one attached hydrogen (secondary N) is 1. The molecule has 0 aliphatic rings. The van der Waals surface area contributed by atoms with E-state index in [0.717, 1.165) is 5.56 Å². The van der Waals surface area contributed by atoms with E-state index in [9.17, 15) is 14.0 Å². The van der Waals surface area contributed by atoms with Gasteiger partial charge in [-0.1, -0.05) is 18.2 Å². The maximum absolute atomic E-state index is 12.8. The number of carbonyl (C=O) groups excluding carboxylic acids is 2. The molecule has 2 rings (SSSR count). The van der Waals surface area contributed by atoms with Gasteiger partial charge in [-0.3, -0.25) is 9.59 Å². The number of rotatable bonds is 7. The first kappa shape index (κ1) is 18.4. The Bertz CT molecular complexity index is 730.